The second kappa shape index (κ2) is 11.1. The molecule has 4 aliphatic rings. The van der Waals surface area contributed by atoms with Crippen LogP contribution in [0.2, 0.25) is 0 Å². The number of hydrogen-bond donors (Lipinski definition) is 0. The maximum atomic E-state index is 13.2. The molecule has 214 valence electrons. The van der Waals surface area contributed by atoms with Crippen LogP contribution < -0.4 is 14.7 Å². The van der Waals surface area contributed by atoms with E-state index in [2.05, 4.69) is 53.6 Å². The number of para-hydroxylation sites is 1. The minimum absolute atomic E-state index is 0.0476. The number of aryl methyl sites for hydroxylation is 1. The monoisotopic (exact) mass is 554 g/mol. The molecule has 2 atom stereocenters. The van der Waals surface area contributed by atoms with Gasteiger partial charge in [-0.05, 0) is 51.1 Å². The molecule has 2 fully saturated rings. The summed E-state index contributed by atoms with van der Waals surface area (Å²) in [5, 5.41) is 9.51. The van der Waals surface area contributed by atoms with Gasteiger partial charge in [-0.3, -0.25) is 9.59 Å². The Kier molecular flexibility index (Phi) is 7.39. The van der Waals surface area contributed by atoms with Crippen LogP contribution in [0, 0.1) is 11.3 Å². The van der Waals surface area contributed by atoms with Crippen molar-refractivity contribution in [3.8, 4) is 6.07 Å². The first kappa shape index (κ1) is 27.2. The number of rotatable bonds is 6. The Morgan fingerprint density at radius 1 is 1.12 bits per heavy atom. The van der Waals surface area contributed by atoms with Crippen LogP contribution in [0.25, 0.3) is 0 Å². The summed E-state index contributed by atoms with van der Waals surface area (Å²) in [4.78, 5) is 46.5. The number of nitriles is 1. The summed E-state index contributed by atoms with van der Waals surface area (Å²) in [6, 6.07) is 10.8. The van der Waals surface area contributed by atoms with Crippen molar-refractivity contribution in [1.29, 1.82) is 5.26 Å². The summed E-state index contributed by atoms with van der Waals surface area (Å²) in [7, 11) is 4.19. The van der Waals surface area contributed by atoms with Crippen molar-refractivity contribution in [2.24, 2.45) is 0 Å². The molecule has 10 heteroatoms. The summed E-state index contributed by atoms with van der Waals surface area (Å²) in [5.74, 6) is 1.69. The van der Waals surface area contributed by atoms with Crippen LogP contribution in [0.3, 0.4) is 0 Å². The summed E-state index contributed by atoms with van der Waals surface area (Å²) in [6.45, 7) is 7.07. The fourth-order valence-electron chi connectivity index (χ4n) is 6.72. The predicted molar refractivity (Wildman–Crippen MR) is 158 cm³/mol. The number of nitrogens with zero attached hydrogens (tertiary/aromatic N) is 8. The molecule has 1 aromatic carbocycles. The molecule has 0 bridgehead atoms. The molecule has 1 aliphatic carbocycles. The number of anilines is 3. The molecule has 0 unspecified atom stereocenters. The zero-order valence-electron chi connectivity index (χ0n) is 24.0. The predicted octanol–water partition coefficient (Wildman–Crippen LogP) is 2.18. The Bertz CT molecular complexity index is 1390. The highest BCUT2D eigenvalue weighted by atomic mass is 16.2. The third kappa shape index (κ3) is 5.04. The van der Waals surface area contributed by atoms with E-state index in [4.69, 9.17) is 9.97 Å². The topological polar surface area (TPSA) is 99.9 Å². The Labute approximate surface area is 241 Å². The van der Waals surface area contributed by atoms with Gasteiger partial charge >= 0.3 is 0 Å². The van der Waals surface area contributed by atoms with Crippen LogP contribution in [0.1, 0.15) is 36.1 Å². The third-order valence-corrected chi connectivity index (χ3v) is 9.15. The molecular weight excluding hydrogens is 516 g/mol. The van der Waals surface area contributed by atoms with Crippen LogP contribution in [-0.2, 0) is 28.9 Å². The van der Waals surface area contributed by atoms with Crippen LogP contribution in [0.5, 0.6) is 0 Å². The van der Waals surface area contributed by atoms with Gasteiger partial charge < -0.3 is 24.5 Å². The summed E-state index contributed by atoms with van der Waals surface area (Å²) in [5.41, 5.74) is 4.40. The fraction of sp³-hybridized carbons (Fsp3) is 0.516. The van der Waals surface area contributed by atoms with E-state index in [-0.39, 0.29) is 30.3 Å². The number of amides is 2. The lowest BCUT2D eigenvalue weighted by molar-refractivity contribution is -0.128. The Morgan fingerprint density at radius 2 is 1.93 bits per heavy atom. The van der Waals surface area contributed by atoms with Gasteiger partial charge in [0.2, 0.25) is 17.8 Å². The first-order chi connectivity index (χ1) is 19.9. The molecule has 3 aliphatic heterocycles. The minimum atomic E-state index is -0.228. The highest BCUT2D eigenvalue weighted by molar-refractivity contribution is 5.97. The third-order valence-electron chi connectivity index (χ3n) is 9.15. The first-order valence-electron chi connectivity index (χ1n) is 14.6. The highest BCUT2D eigenvalue weighted by Crippen LogP contribution is 2.37. The smallest absolute Gasteiger partial charge is 0.246 e. The Morgan fingerprint density at radius 3 is 2.68 bits per heavy atom. The van der Waals surface area contributed by atoms with Gasteiger partial charge in [0.25, 0.3) is 0 Å². The molecule has 0 spiro atoms. The number of benzene rings is 1. The van der Waals surface area contributed by atoms with Crippen LogP contribution in [0.15, 0.2) is 36.9 Å². The maximum Gasteiger partial charge on any atom is 0.246 e. The van der Waals surface area contributed by atoms with Gasteiger partial charge in [-0.2, -0.15) is 10.2 Å². The maximum absolute atomic E-state index is 13.2. The molecule has 2 amide bonds. The molecule has 6 rings (SSSR count). The lowest BCUT2D eigenvalue weighted by atomic mass is 9.88. The largest absolute Gasteiger partial charge is 0.352 e. The molecule has 2 saturated heterocycles. The number of fused-ring (bicyclic) bond motifs is 2. The van der Waals surface area contributed by atoms with E-state index >= 15 is 0 Å². The van der Waals surface area contributed by atoms with Gasteiger partial charge in [-0.1, -0.05) is 24.8 Å². The van der Waals surface area contributed by atoms with E-state index in [1.807, 2.05) is 17.0 Å². The van der Waals surface area contributed by atoms with E-state index in [0.29, 0.717) is 38.5 Å². The highest BCUT2D eigenvalue weighted by Gasteiger charge is 2.38. The molecule has 0 N–H and O–H groups in total. The normalized spacial score (nSPS) is 22.6. The number of carbonyl (C=O) groups excluding carboxylic acids is 2. The average molecular weight is 555 g/mol. The molecule has 4 heterocycles. The molecule has 1 aromatic heterocycles. The van der Waals surface area contributed by atoms with E-state index in [1.165, 1.54) is 11.6 Å². The number of hydrogen-bond acceptors (Lipinski definition) is 8. The first-order valence-corrected chi connectivity index (χ1v) is 14.6. The van der Waals surface area contributed by atoms with Crippen molar-refractivity contribution in [3.63, 3.8) is 0 Å². The molecule has 41 heavy (non-hydrogen) atoms. The Hall–Kier alpha value is -3.97. The van der Waals surface area contributed by atoms with E-state index in [9.17, 15) is 14.9 Å². The summed E-state index contributed by atoms with van der Waals surface area (Å²) < 4.78 is 0. The lowest BCUT2D eigenvalue weighted by Gasteiger charge is -2.45. The number of piperazine rings is 1. The average Bonchev–Trinajstić information content (AvgIpc) is 2.95. The standard InChI is InChI=1S/C31H38N8O2/c1-4-28(40)38-16-15-36(18-23(38)13-14-32)30-25-11-10-22(39-27-8-6-5-7-21(27)9-12-29(39)41)17-26(25)33-31(34-30)37-19-24(20-37)35(2)3/h4-8,22-24H,1,9-13,15-20H2,2-3H3/t22-,23+/m1/s1. The zero-order valence-corrected chi connectivity index (χ0v) is 24.0. The van der Waals surface area contributed by atoms with Crippen molar-refractivity contribution in [2.45, 2.75) is 56.7 Å². The molecular formula is C31H38N8O2. The van der Waals surface area contributed by atoms with Gasteiger partial charge in [-0.25, -0.2) is 4.98 Å². The van der Waals surface area contributed by atoms with Gasteiger partial charge in [0.15, 0.2) is 0 Å². The fourth-order valence-corrected chi connectivity index (χ4v) is 6.72. The van der Waals surface area contributed by atoms with Crippen molar-refractivity contribution in [3.05, 3.63) is 53.7 Å². The van der Waals surface area contributed by atoms with Crippen molar-refractivity contribution < 1.29 is 9.59 Å². The molecule has 0 saturated carbocycles. The summed E-state index contributed by atoms with van der Waals surface area (Å²) >= 11 is 0. The lowest BCUT2D eigenvalue weighted by Crippen LogP contribution is -2.58. The van der Waals surface area contributed by atoms with Gasteiger partial charge in [0, 0.05) is 68.9 Å². The van der Waals surface area contributed by atoms with Gasteiger partial charge in [-0.15, -0.1) is 0 Å². The molecule has 10 nitrogen and oxygen atoms in total. The Balaban J connectivity index is 1.33. The van der Waals surface area contributed by atoms with Crippen molar-refractivity contribution >= 4 is 29.3 Å². The zero-order chi connectivity index (χ0) is 28.7. The SMILES string of the molecule is C=CC(=O)N1CCN(c2nc(N3CC(N(C)C)C3)nc3c2CC[C@@H](N2C(=O)CCc4ccccc42)C3)C[C@@H]1CC#N. The number of likely N-dealkylation sites (N-methyl/N-ethyl adjacent to an activating group) is 1. The summed E-state index contributed by atoms with van der Waals surface area (Å²) in [6.07, 6.45) is 5.20. The molecule has 2 aromatic rings. The number of carbonyl (C=O) groups is 2. The van der Waals surface area contributed by atoms with E-state index < -0.39 is 0 Å². The van der Waals surface area contributed by atoms with Crippen LogP contribution in [-0.4, -0.2) is 96.5 Å². The second-order valence-electron chi connectivity index (χ2n) is 11.8. The van der Waals surface area contributed by atoms with Crippen molar-refractivity contribution in [1.82, 2.24) is 19.8 Å². The van der Waals surface area contributed by atoms with Crippen molar-refractivity contribution in [2.75, 3.05) is 61.5 Å². The van der Waals surface area contributed by atoms with E-state index in [1.54, 1.807) is 4.90 Å². The quantitative estimate of drug-likeness (QED) is 0.501. The second-order valence-corrected chi connectivity index (χ2v) is 11.8. The molecule has 0 radical (unpaired) electrons. The van der Waals surface area contributed by atoms with Crippen LogP contribution in [0.4, 0.5) is 17.5 Å². The van der Waals surface area contributed by atoms with Crippen LogP contribution >= 0.6 is 0 Å². The van der Waals surface area contributed by atoms with E-state index in [0.717, 1.165) is 61.1 Å². The minimum Gasteiger partial charge on any atom is -0.352 e. The van der Waals surface area contributed by atoms with Gasteiger partial charge in [0.05, 0.1) is 24.2 Å². The van der Waals surface area contributed by atoms with Gasteiger partial charge in [0.1, 0.15) is 5.82 Å². The number of aromatic nitrogens is 2.